The van der Waals surface area contributed by atoms with Crippen LogP contribution in [0.4, 0.5) is 0 Å². The van der Waals surface area contributed by atoms with Crippen molar-refractivity contribution in [3.8, 4) is 5.75 Å². The molecule has 2 unspecified atom stereocenters. The SMILES string of the molecule is COc1ccc(C(=O)N(CCc2ccccc2)C2CC(C(=O)NCCN)N(C(=O)c3cccs3)C2)cc1. The fraction of sp³-hybridized carbons (Fsp3) is 0.321. The predicted molar refractivity (Wildman–Crippen MR) is 144 cm³/mol. The largest absolute Gasteiger partial charge is 0.497 e. The molecule has 1 aliphatic heterocycles. The number of likely N-dealkylation sites (tertiary alicyclic amines) is 1. The van der Waals surface area contributed by atoms with E-state index in [0.29, 0.717) is 48.7 Å². The molecule has 0 aliphatic carbocycles. The summed E-state index contributed by atoms with van der Waals surface area (Å²) < 4.78 is 5.24. The summed E-state index contributed by atoms with van der Waals surface area (Å²) >= 11 is 1.34. The minimum absolute atomic E-state index is 0.143. The molecule has 2 heterocycles. The smallest absolute Gasteiger partial charge is 0.264 e. The topological polar surface area (TPSA) is 105 Å². The van der Waals surface area contributed by atoms with Crippen molar-refractivity contribution in [2.24, 2.45) is 5.73 Å². The Hall–Kier alpha value is -3.69. The number of carbonyl (C=O) groups excluding carboxylic acids is 3. The van der Waals surface area contributed by atoms with Gasteiger partial charge in [-0.2, -0.15) is 0 Å². The van der Waals surface area contributed by atoms with Crippen LogP contribution < -0.4 is 15.8 Å². The summed E-state index contributed by atoms with van der Waals surface area (Å²) in [5, 5.41) is 4.66. The summed E-state index contributed by atoms with van der Waals surface area (Å²) in [4.78, 5) is 44.2. The zero-order valence-electron chi connectivity index (χ0n) is 20.8. The number of nitrogens with zero attached hydrogens (tertiary/aromatic N) is 2. The zero-order valence-corrected chi connectivity index (χ0v) is 21.7. The third-order valence-electron chi connectivity index (χ3n) is 6.54. The second-order valence-corrected chi connectivity index (χ2v) is 9.83. The van der Waals surface area contributed by atoms with Crippen molar-refractivity contribution >= 4 is 29.1 Å². The highest BCUT2D eigenvalue weighted by Crippen LogP contribution is 2.28. The maximum Gasteiger partial charge on any atom is 0.264 e. The van der Waals surface area contributed by atoms with E-state index in [9.17, 15) is 14.4 Å². The number of ether oxygens (including phenoxy) is 1. The third-order valence-corrected chi connectivity index (χ3v) is 7.40. The lowest BCUT2D eigenvalue weighted by atomic mass is 10.1. The van der Waals surface area contributed by atoms with Crippen molar-refractivity contribution in [1.29, 1.82) is 0 Å². The Labute approximate surface area is 221 Å². The number of hydrogen-bond donors (Lipinski definition) is 2. The zero-order chi connectivity index (χ0) is 26.2. The quantitative estimate of drug-likeness (QED) is 0.428. The van der Waals surface area contributed by atoms with Gasteiger partial charge in [0.1, 0.15) is 11.8 Å². The minimum atomic E-state index is -0.686. The van der Waals surface area contributed by atoms with Gasteiger partial charge in [-0.3, -0.25) is 14.4 Å². The molecular weight excluding hydrogens is 488 g/mol. The van der Waals surface area contributed by atoms with Crippen LogP contribution in [0.5, 0.6) is 5.75 Å². The van der Waals surface area contributed by atoms with Gasteiger partial charge in [0.15, 0.2) is 0 Å². The highest BCUT2D eigenvalue weighted by Gasteiger charge is 2.43. The molecule has 1 saturated heterocycles. The summed E-state index contributed by atoms with van der Waals surface area (Å²) in [6.45, 7) is 1.36. The van der Waals surface area contributed by atoms with Gasteiger partial charge in [-0.1, -0.05) is 36.4 Å². The molecule has 0 spiro atoms. The first-order valence-electron chi connectivity index (χ1n) is 12.3. The van der Waals surface area contributed by atoms with E-state index < -0.39 is 6.04 Å². The van der Waals surface area contributed by atoms with E-state index in [4.69, 9.17) is 10.5 Å². The average Bonchev–Trinajstić information content (AvgIpc) is 3.63. The average molecular weight is 521 g/mol. The summed E-state index contributed by atoms with van der Waals surface area (Å²) in [6.07, 6.45) is 1.01. The monoisotopic (exact) mass is 520 g/mol. The van der Waals surface area contributed by atoms with Crippen LogP contribution in [0.3, 0.4) is 0 Å². The highest BCUT2D eigenvalue weighted by atomic mass is 32.1. The Balaban J connectivity index is 1.62. The summed E-state index contributed by atoms with van der Waals surface area (Å²) in [5.41, 5.74) is 7.22. The van der Waals surface area contributed by atoms with Crippen LogP contribution in [-0.2, 0) is 11.2 Å². The van der Waals surface area contributed by atoms with Crippen LogP contribution in [-0.4, -0.2) is 72.9 Å². The summed E-state index contributed by atoms with van der Waals surface area (Å²) in [5.74, 6) is 0.0656. The predicted octanol–water partition coefficient (Wildman–Crippen LogP) is 2.80. The summed E-state index contributed by atoms with van der Waals surface area (Å²) in [7, 11) is 1.58. The highest BCUT2D eigenvalue weighted by molar-refractivity contribution is 7.12. The standard InChI is InChI=1S/C28H32N4O4S/c1-36-23-11-9-21(10-12-23)27(34)31(16-13-20-6-3-2-4-7-20)22-18-24(26(33)30-15-14-29)32(19-22)28(35)25-8-5-17-37-25/h2-12,17,22,24H,13-16,18-19,29H2,1H3,(H,30,33). The summed E-state index contributed by atoms with van der Waals surface area (Å²) in [6, 6.07) is 19.5. The Bertz CT molecular complexity index is 1180. The van der Waals surface area contributed by atoms with E-state index in [2.05, 4.69) is 5.32 Å². The molecule has 9 heteroatoms. The molecule has 0 radical (unpaired) electrons. The minimum Gasteiger partial charge on any atom is -0.497 e. The van der Waals surface area contributed by atoms with Gasteiger partial charge in [0.05, 0.1) is 18.0 Å². The molecule has 3 N–H and O–H groups in total. The number of carbonyl (C=O) groups is 3. The lowest BCUT2D eigenvalue weighted by molar-refractivity contribution is -0.124. The number of rotatable bonds is 10. The third kappa shape index (κ3) is 6.36. The van der Waals surface area contributed by atoms with Crippen LogP contribution in [0.1, 0.15) is 32.0 Å². The van der Waals surface area contributed by atoms with Crippen LogP contribution in [0.15, 0.2) is 72.1 Å². The second-order valence-electron chi connectivity index (χ2n) is 8.88. The van der Waals surface area contributed by atoms with Crippen LogP contribution in [0.2, 0.25) is 0 Å². The molecule has 1 aliphatic rings. The van der Waals surface area contributed by atoms with E-state index in [1.54, 1.807) is 47.2 Å². The fourth-order valence-electron chi connectivity index (χ4n) is 4.61. The molecule has 4 rings (SSSR count). The molecule has 194 valence electrons. The van der Waals surface area contributed by atoms with Crippen molar-refractivity contribution in [3.63, 3.8) is 0 Å². The Kier molecular flexibility index (Phi) is 8.92. The van der Waals surface area contributed by atoms with Gasteiger partial charge in [0, 0.05) is 31.7 Å². The van der Waals surface area contributed by atoms with Gasteiger partial charge in [-0.05, 0) is 54.1 Å². The number of methoxy groups -OCH3 is 1. The molecular formula is C28H32N4O4S. The first kappa shape index (κ1) is 26.4. The van der Waals surface area contributed by atoms with Gasteiger partial charge < -0.3 is 25.6 Å². The Morgan fingerprint density at radius 2 is 1.84 bits per heavy atom. The Morgan fingerprint density at radius 1 is 1.08 bits per heavy atom. The molecule has 2 aromatic carbocycles. The van der Waals surface area contributed by atoms with E-state index in [1.165, 1.54) is 11.3 Å². The van der Waals surface area contributed by atoms with Gasteiger partial charge >= 0.3 is 0 Å². The lowest BCUT2D eigenvalue weighted by Gasteiger charge is -2.29. The molecule has 37 heavy (non-hydrogen) atoms. The first-order chi connectivity index (χ1) is 18.0. The number of hydrogen-bond acceptors (Lipinski definition) is 6. The second kappa shape index (κ2) is 12.5. The van der Waals surface area contributed by atoms with Gasteiger partial charge in [-0.15, -0.1) is 11.3 Å². The van der Waals surface area contributed by atoms with Crippen molar-refractivity contribution in [1.82, 2.24) is 15.1 Å². The van der Waals surface area contributed by atoms with E-state index in [1.807, 2.05) is 41.8 Å². The number of nitrogens with one attached hydrogen (secondary N) is 1. The van der Waals surface area contributed by atoms with Crippen LogP contribution in [0.25, 0.3) is 0 Å². The van der Waals surface area contributed by atoms with E-state index in [0.717, 1.165) is 5.56 Å². The van der Waals surface area contributed by atoms with E-state index >= 15 is 0 Å². The van der Waals surface area contributed by atoms with E-state index in [-0.39, 0.29) is 30.3 Å². The maximum atomic E-state index is 13.8. The molecule has 2 atom stereocenters. The number of nitrogens with two attached hydrogens (primary N) is 1. The molecule has 1 aromatic heterocycles. The normalized spacial score (nSPS) is 16.9. The molecule has 1 fully saturated rings. The molecule has 8 nitrogen and oxygen atoms in total. The van der Waals surface area contributed by atoms with Crippen LogP contribution in [0, 0.1) is 0 Å². The van der Waals surface area contributed by atoms with Crippen molar-refractivity contribution < 1.29 is 19.1 Å². The fourth-order valence-corrected chi connectivity index (χ4v) is 5.29. The lowest BCUT2D eigenvalue weighted by Crippen LogP contribution is -2.47. The van der Waals surface area contributed by atoms with Gasteiger partial charge in [-0.25, -0.2) is 0 Å². The van der Waals surface area contributed by atoms with Crippen LogP contribution >= 0.6 is 11.3 Å². The maximum absolute atomic E-state index is 13.8. The first-order valence-corrected chi connectivity index (χ1v) is 13.2. The molecule has 3 aromatic rings. The number of benzene rings is 2. The van der Waals surface area contributed by atoms with Crippen molar-refractivity contribution in [2.45, 2.75) is 24.9 Å². The van der Waals surface area contributed by atoms with Gasteiger partial charge in [0.25, 0.3) is 11.8 Å². The molecule has 3 amide bonds. The molecule has 0 saturated carbocycles. The Morgan fingerprint density at radius 3 is 2.49 bits per heavy atom. The van der Waals surface area contributed by atoms with Gasteiger partial charge in [0.2, 0.25) is 5.91 Å². The number of thiophene rings is 1. The van der Waals surface area contributed by atoms with Crippen molar-refractivity contribution in [2.75, 3.05) is 33.3 Å². The number of amides is 3. The van der Waals surface area contributed by atoms with Crippen molar-refractivity contribution in [3.05, 3.63) is 88.1 Å². The molecule has 0 bridgehead atoms.